The summed E-state index contributed by atoms with van der Waals surface area (Å²) in [6, 6.07) is 6.99. The fraction of sp³-hybridized carbons (Fsp3) is 0.571. The van der Waals surface area contributed by atoms with Crippen molar-refractivity contribution in [2.24, 2.45) is 0 Å². The SMILES string of the molecule is CCCNc1ccccc1S(=O)(=O)N(C)C1CCOC1. The third-order valence-corrected chi connectivity index (χ3v) is 5.50. The van der Waals surface area contributed by atoms with Gasteiger partial charge in [0.05, 0.1) is 18.3 Å². The van der Waals surface area contributed by atoms with Crippen LogP contribution in [0.2, 0.25) is 0 Å². The highest BCUT2D eigenvalue weighted by Gasteiger charge is 2.31. The Labute approximate surface area is 121 Å². The van der Waals surface area contributed by atoms with Crippen LogP contribution in [0.5, 0.6) is 0 Å². The molecular formula is C14H22N2O3S. The molecule has 0 radical (unpaired) electrons. The van der Waals surface area contributed by atoms with E-state index < -0.39 is 10.0 Å². The number of hydrogen-bond donors (Lipinski definition) is 1. The van der Waals surface area contributed by atoms with Crippen LogP contribution in [0.1, 0.15) is 19.8 Å². The van der Waals surface area contributed by atoms with Crippen molar-refractivity contribution in [1.82, 2.24) is 4.31 Å². The van der Waals surface area contributed by atoms with E-state index in [9.17, 15) is 8.42 Å². The molecule has 1 N–H and O–H groups in total. The van der Waals surface area contributed by atoms with Crippen molar-refractivity contribution in [2.45, 2.75) is 30.7 Å². The molecule has 1 aromatic carbocycles. The summed E-state index contributed by atoms with van der Waals surface area (Å²) >= 11 is 0. The van der Waals surface area contributed by atoms with Gasteiger partial charge >= 0.3 is 0 Å². The van der Waals surface area contributed by atoms with E-state index in [1.54, 1.807) is 19.2 Å². The second kappa shape index (κ2) is 6.56. The number of para-hydroxylation sites is 1. The fourth-order valence-corrected chi connectivity index (χ4v) is 3.80. The summed E-state index contributed by atoms with van der Waals surface area (Å²) < 4.78 is 32.2. The van der Waals surface area contributed by atoms with Crippen LogP contribution in [0, 0.1) is 0 Å². The lowest BCUT2D eigenvalue weighted by Gasteiger charge is -2.24. The average Bonchev–Trinajstić information content (AvgIpc) is 2.98. The predicted molar refractivity (Wildman–Crippen MR) is 79.4 cm³/mol. The van der Waals surface area contributed by atoms with Crippen molar-refractivity contribution in [1.29, 1.82) is 0 Å². The maximum atomic E-state index is 12.7. The van der Waals surface area contributed by atoms with Gasteiger partial charge in [0.15, 0.2) is 0 Å². The second-order valence-corrected chi connectivity index (χ2v) is 6.93. The molecule has 2 rings (SSSR count). The summed E-state index contributed by atoms with van der Waals surface area (Å²) in [7, 11) is -1.86. The summed E-state index contributed by atoms with van der Waals surface area (Å²) in [5, 5.41) is 3.18. The fourth-order valence-electron chi connectivity index (χ4n) is 2.26. The first kappa shape index (κ1) is 15.3. The maximum absolute atomic E-state index is 12.7. The molecule has 5 nitrogen and oxygen atoms in total. The number of nitrogens with zero attached hydrogens (tertiary/aromatic N) is 1. The van der Waals surface area contributed by atoms with Gasteiger partial charge in [0.2, 0.25) is 10.0 Å². The third-order valence-electron chi connectivity index (χ3n) is 3.53. The van der Waals surface area contributed by atoms with Crippen LogP contribution in [0.4, 0.5) is 5.69 Å². The molecule has 1 unspecified atom stereocenters. The molecule has 0 aliphatic carbocycles. The quantitative estimate of drug-likeness (QED) is 0.871. The molecule has 112 valence electrons. The number of sulfonamides is 1. The standard InChI is InChI=1S/C14H22N2O3S/c1-3-9-15-13-6-4-5-7-14(13)20(17,18)16(2)12-8-10-19-11-12/h4-7,12,15H,3,8-11H2,1-2H3. The summed E-state index contributed by atoms with van der Waals surface area (Å²) in [6.07, 6.45) is 1.70. The highest BCUT2D eigenvalue weighted by molar-refractivity contribution is 7.89. The first-order valence-corrected chi connectivity index (χ1v) is 8.40. The Bertz CT molecular complexity index is 539. The molecule has 0 aromatic heterocycles. The predicted octanol–water partition coefficient (Wildman–Crippen LogP) is 1.92. The maximum Gasteiger partial charge on any atom is 0.245 e. The Hall–Kier alpha value is -1.11. The number of hydrogen-bond acceptors (Lipinski definition) is 4. The normalized spacial score (nSPS) is 19.4. The molecular weight excluding hydrogens is 276 g/mol. The van der Waals surface area contributed by atoms with Gasteiger partial charge in [-0.2, -0.15) is 4.31 Å². The number of benzene rings is 1. The van der Waals surface area contributed by atoms with Crippen LogP contribution in [0.15, 0.2) is 29.2 Å². The highest BCUT2D eigenvalue weighted by Crippen LogP contribution is 2.26. The number of ether oxygens (including phenoxy) is 1. The minimum absolute atomic E-state index is 0.0702. The van der Waals surface area contributed by atoms with Crippen LogP contribution < -0.4 is 5.32 Å². The molecule has 1 aromatic rings. The largest absolute Gasteiger partial charge is 0.384 e. The van der Waals surface area contributed by atoms with Gasteiger partial charge in [0.25, 0.3) is 0 Å². The minimum Gasteiger partial charge on any atom is -0.384 e. The van der Waals surface area contributed by atoms with Crippen molar-refractivity contribution in [2.75, 3.05) is 32.1 Å². The highest BCUT2D eigenvalue weighted by atomic mass is 32.2. The van der Waals surface area contributed by atoms with E-state index in [0.717, 1.165) is 19.4 Å². The molecule has 1 heterocycles. The average molecular weight is 298 g/mol. The van der Waals surface area contributed by atoms with Gasteiger partial charge in [-0.25, -0.2) is 8.42 Å². The van der Waals surface area contributed by atoms with Gasteiger partial charge in [0, 0.05) is 20.2 Å². The van der Waals surface area contributed by atoms with E-state index in [-0.39, 0.29) is 6.04 Å². The minimum atomic E-state index is -3.49. The summed E-state index contributed by atoms with van der Waals surface area (Å²) in [5.74, 6) is 0. The Morgan fingerprint density at radius 1 is 1.40 bits per heavy atom. The van der Waals surface area contributed by atoms with Crippen LogP contribution in [0.25, 0.3) is 0 Å². The van der Waals surface area contributed by atoms with Gasteiger partial charge in [-0.3, -0.25) is 0 Å². The first-order valence-electron chi connectivity index (χ1n) is 6.96. The third kappa shape index (κ3) is 3.13. The van der Waals surface area contributed by atoms with Gasteiger partial charge < -0.3 is 10.1 Å². The molecule has 1 aliphatic rings. The molecule has 1 fully saturated rings. The van der Waals surface area contributed by atoms with Gasteiger partial charge in [0.1, 0.15) is 4.90 Å². The van der Waals surface area contributed by atoms with Crippen LogP contribution >= 0.6 is 0 Å². The summed E-state index contributed by atoms with van der Waals surface area (Å²) in [4.78, 5) is 0.336. The van der Waals surface area contributed by atoms with E-state index in [0.29, 0.717) is 23.8 Å². The lowest BCUT2D eigenvalue weighted by molar-refractivity contribution is 0.181. The molecule has 0 amide bonds. The van der Waals surface area contributed by atoms with Crippen molar-refractivity contribution >= 4 is 15.7 Å². The lowest BCUT2D eigenvalue weighted by Crippen LogP contribution is -2.37. The van der Waals surface area contributed by atoms with E-state index >= 15 is 0 Å². The Balaban J connectivity index is 2.28. The van der Waals surface area contributed by atoms with E-state index in [1.165, 1.54) is 4.31 Å². The smallest absolute Gasteiger partial charge is 0.245 e. The zero-order chi connectivity index (χ0) is 14.6. The molecule has 6 heteroatoms. The topological polar surface area (TPSA) is 58.6 Å². The summed E-state index contributed by atoms with van der Waals surface area (Å²) in [5.41, 5.74) is 0.667. The molecule has 1 saturated heterocycles. The number of rotatable bonds is 6. The first-order chi connectivity index (χ1) is 9.57. The Morgan fingerprint density at radius 3 is 2.80 bits per heavy atom. The molecule has 0 bridgehead atoms. The Kier molecular flexibility index (Phi) is 5.01. The van der Waals surface area contributed by atoms with Gasteiger partial charge in [-0.1, -0.05) is 19.1 Å². The van der Waals surface area contributed by atoms with Gasteiger partial charge in [-0.05, 0) is 25.0 Å². The molecule has 1 aliphatic heterocycles. The number of anilines is 1. The molecule has 20 heavy (non-hydrogen) atoms. The number of likely N-dealkylation sites (N-methyl/N-ethyl adjacent to an activating group) is 1. The second-order valence-electron chi connectivity index (χ2n) is 4.96. The van der Waals surface area contributed by atoms with Crippen molar-refractivity contribution in [3.8, 4) is 0 Å². The van der Waals surface area contributed by atoms with Crippen LogP contribution in [0.3, 0.4) is 0 Å². The summed E-state index contributed by atoms with van der Waals surface area (Å²) in [6.45, 7) is 3.90. The molecule has 0 saturated carbocycles. The van der Waals surface area contributed by atoms with Crippen LogP contribution in [-0.4, -0.2) is 45.6 Å². The zero-order valence-electron chi connectivity index (χ0n) is 12.0. The van der Waals surface area contributed by atoms with E-state index in [1.807, 2.05) is 19.1 Å². The molecule has 0 spiro atoms. The zero-order valence-corrected chi connectivity index (χ0v) is 12.8. The van der Waals surface area contributed by atoms with Crippen molar-refractivity contribution in [3.63, 3.8) is 0 Å². The van der Waals surface area contributed by atoms with Crippen molar-refractivity contribution < 1.29 is 13.2 Å². The van der Waals surface area contributed by atoms with E-state index in [4.69, 9.17) is 4.74 Å². The number of nitrogens with one attached hydrogen (secondary N) is 1. The van der Waals surface area contributed by atoms with Crippen molar-refractivity contribution in [3.05, 3.63) is 24.3 Å². The van der Waals surface area contributed by atoms with E-state index in [2.05, 4.69) is 5.32 Å². The van der Waals surface area contributed by atoms with Crippen LogP contribution in [-0.2, 0) is 14.8 Å². The lowest BCUT2D eigenvalue weighted by atomic mass is 10.3. The Morgan fingerprint density at radius 2 is 2.15 bits per heavy atom. The monoisotopic (exact) mass is 298 g/mol. The van der Waals surface area contributed by atoms with Gasteiger partial charge in [-0.15, -0.1) is 0 Å². The molecule has 1 atom stereocenters.